The van der Waals surface area contributed by atoms with Crippen LogP contribution in [-0.2, 0) is 56.9 Å². The standard InChI is InChI=1S/C41H42N12O13P2S/c1-24-34(29(19-54)64-40(24)52-23-46-33-37(52)48-41-49(15-16-50(41)39(33)56)14-12-25-8-10-27(11-9-25)53(57)58)66-68(69,61-17-5-13-42)62-20-30-28(65-67(59)60)18-31(63-30)51-22-45-32-35(43-21-44-36(32)51)47-38(55)26-6-3-2-4-7-26/h2-4,6-11,15-16,21-24,28-31,34,40,54,67H,5,12,14,17-20H2,1H3,(H,59,60)(H,43,44,47,55)/t24-,28+,29-,30-,31-,34+,40-,68?/m1/s1. The van der Waals surface area contributed by atoms with Crippen molar-refractivity contribution in [2.75, 3.05) is 25.1 Å². The third-order valence-electron chi connectivity index (χ3n) is 11.6. The SMILES string of the molecule is C[C@@H]1[C@H](OP(=S)(OCCC#N)OC[C@H]2O[C@@H](n3cnc4c(NC(=O)c5ccccc5)ncnc43)C[C@@H]2O[PH](=O)O)[C@@H](CO)O[C@H]1n1cnc2c(=O)n3ccn(CCc4ccc([N+](=O)[O-])cc4)c3nc21. The number of anilines is 1. The second kappa shape index (κ2) is 20.4. The van der Waals surface area contributed by atoms with Gasteiger partial charge >= 0.3 is 15.0 Å². The number of aliphatic hydroxyl groups is 1. The zero-order valence-corrected chi connectivity index (χ0v) is 38.9. The highest BCUT2D eigenvalue weighted by atomic mass is 32.5. The van der Waals surface area contributed by atoms with Crippen molar-refractivity contribution in [1.82, 2.24) is 43.0 Å². The molecule has 2 aliphatic rings. The van der Waals surface area contributed by atoms with E-state index in [0.717, 1.165) is 5.56 Å². The second-order valence-corrected chi connectivity index (χ2v) is 19.6. The van der Waals surface area contributed by atoms with Crippen LogP contribution < -0.4 is 10.9 Å². The number of nitriles is 1. The third kappa shape index (κ3) is 9.98. The van der Waals surface area contributed by atoms with Crippen molar-refractivity contribution < 1.29 is 51.9 Å². The average molecular weight is 1000 g/mol. The first-order valence-electron chi connectivity index (χ1n) is 21.3. The summed E-state index contributed by atoms with van der Waals surface area (Å²) >= 11 is 5.91. The van der Waals surface area contributed by atoms with Crippen molar-refractivity contribution >= 4 is 72.3 Å². The minimum Gasteiger partial charge on any atom is -0.394 e. The first kappa shape index (κ1) is 47.8. The lowest BCUT2D eigenvalue weighted by atomic mass is 10.0. The molecular weight excluding hydrogens is 963 g/mol. The minimum absolute atomic E-state index is 0.0232. The number of carbonyl (C=O) groups is 1. The van der Waals surface area contributed by atoms with Gasteiger partial charge in [0.1, 0.15) is 37.1 Å². The summed E-state index contributed by atoms with van der Waals surface area (Å²) in [6.45, 7) is -2.82. The lowest BCUT2D eigenvalue weighted by molar-refractivity contribution is -0.384. The molecule has 1 amide bonds. The van der Waals surface area contributed by atoms with Gasteiger partial charge in [-0.05, 0) is 35.9 Å². The lowest BCUT2D eigenvalue weighted by Gasteiger charge is -2.29. The van der Waals surface area contributed by atoms with Gasteiger partial charge < -0.3 is 47.5 Å². The smallest absolute Gasteiger partial charge is 0.327 e. The van der Waals surface area contributed by atoms with Crippen LogP contribution in [-0.4, -0.2) is 108 Å². The number of nitrogens with one attached hydrogen (secondary N) is 1. The highest BCUT2D eigenvalue weighted by Crippen LogP contribution is 2.55. The Morgan fingerprint density at radius 1 is 1.04 bits per heavy atom. The molecule has 2 saturated heterocycles. The van der Waals surface area contributed by atoms with E-state index in [1.807, 2.05) is 6.07 Å². The Bertz CT molecular complexity index is 3200. The monoisotopic (exact) mass is 1000 g/mol. The van der Waals surface area contributed by atoms with Gasteiger partial charge in [-0.3, -0.25) is 33.4 Å². The zero-order valence-electron chi connectivity index (χ0n) is 36.2. The number of nitrogens with zero attached hydrogens (tertiary/aromatic N) is 11. The molecule has 5 aromatic heterocycles. The van der Waals surface area contributed by atoms with Crippen LogP contribution in [0.1, 0.15) is 48.1 Å². The van der Waals surface area contributed by atoms with Crippen LogP contribution in [0.5, 0.6) is 0 Å². The summed E-state index contributed by atoms with van der Waals surface area (Å²) in [6, 6.07) is 16.7. The van der Waals surface area contributed by atoms with Gasteiger partial charge in [-0.1, -0.05) is 37.3 Å². The Morgan fingerprint density at radius 2 is 1.81 bits per heavy atom. The molecule has 2 aliphatic heterocycles. The van der Waals surface area contributed by atoms with Crippen molar-refractivity contribution in [3.63, 3.8) is 0 Å². The van der Waals surface area contributed by atoms with Gasteiger partial charge in [-0.2, -0.15) is 10.2 Å². The largest absolute Gasteiger partial charge is 0.394 e. The van der Waals surface area contributed by atoms with E-state index in [-0.39, 0.29) is 59.9 Å². The number of hydrogen-bond acceptors (Lipinski definition) is 19. The van der Waals surface area contributed by atoms with E-state index in [4.69, 9.17) is 44.4 Å². The van der Waals surface area contributed by atoms with E-state index in [2.05, 4.69) is 25.3 Å². The molecule has 7 heterocycles. The van der Waals surface area contributed by atoms with Crippen LogP contribution >= 0.6 is 15.0 Å². The molecule has 0 saturated carbocycles. The molecule has 2 fully saturated rings. The summed E-state index contributed by atoms with van der Waals surface area (Å²) in [7, 11) is -3.51. The van der Waals surface area contributed by atoms with E-state index in [9.17, 15) is 39.5 Å². The number of nitro benzene ring substituents is 1. The molecule has 0 spiro atoms. The molecule has 360 valence electrons. The number of imidazole rings is 3. The van der Waals surface area contributed by atoms with E-state index >= 15 is 0 Å². The van der Waals surface area contributed by atoms with Crippen LogP contribution in [0.2, 0.25) is 0 Å². The normalized spacial score (nSPS) is 22.8. The number of carbonyl (C=O) groups excluding carboxylic acids is 1. The van der Waals surface area contributed by atoms with Gasteiger partial charge in [0, 0.05) is 49.0 Å². The predicted octanol–water partition coefficient (Wildman–Crippen LogP) is 4.23. The summed E-state index contributed by atoms with van der Waals surface area (Å²) in [5, 5.41) is 33.8. The Morgan fingerprint density at radius 3 is 2.55 bits per heavy atom. The maximum Gasteiger partial charge on any atom is 0.327 e. The van der Waals surface area contributed by atoms with Crippen molar-refractivity contribution in [2.24, 2.45) is 5.92 Å². The number of ether oxygens (including phenoxy) is 2. The topological polar surface area (TPSA) is 310 Å². The molecule has 0 aliphatic carbocycles. The fourth-order valence-electron chi connectivity index (χ4n) is 8.24. The molecule has 2 aromatic carbocycles. The molecular formula is C41H42N12O13P2S. The van der Waals surface area contributed by atoms with Gasteiger partial charge in [0.2, 0.25) is 5.78 Å². The number of amides is 1. The van der Waals surface area contributed by atoms with E-state index in [1.54, 1.807) is 75.5 Å². The Kier molecular flexibility index (Phi) is 14.2. The molecule has 7 aromatic rings. The first-order valence-corrected chi connectivity index (χ1v) is 25.1. The summed E-state index contributed by atoms with van der Waals surface area (Å²) in [5.41, 5.74) is 1.57. The highest BCUT2D eigenvalue weighted by molar-refractivity contribution is 8.07. The summed E-state index contributed by atoms with van der Waals surface area (Å²) in [4.78, 5) is 69.4. The van der Waals surface area contributed by atoms with Crippen molar-refractivity contribution in [1.29, 1.82) is 5.26 Å². The fourth-order valence-corrected chi connectivity index (χ4v) is 10.9. The third-order valence-corrected chi connectivity index (χ3v) is 14.5. The Hall–Kier alpha value is -6.20. The predicted molar refractivity (Wildman–Crippen MR) is 245 cm³/mol. The van der Waals surface area contributed by atoms with Crippen molar-refractivity contribution in [3.8, 4) is 6.07 Å². The second-order valence-electron chi connectivity index (χ2n) is 15.9. The number of fused-ring (bicyclic) bond motifs is 3. The lowest BCUT2D eigenvalue weighted by Crippen LogP contribution is -2.32. The molecule has 9 rings (SSSR count). The van der Waals surface area contributed by atoms with Crippen LogP contribution in [0.4, 0.5) is 11.5 Å². The number of rotatable bonds is 19. The Balaban J connectivity index is 0.927. The molecule has 0 bridgehead atoms. The maximum atomic E-state index is 13.7. The molecule has 69 heavy (non-hydrogen) atoms. The zero-order chi connectivity index (χ0) is 48.4. The van der Waals surface area contributed by atoms with E-state index in [0.29, 0.717) is 24.3 Å². The number of non-ortho nitro benzene ring substituents is 1. The number of benzene rings is 2. The first-order chi connectivity index (χ1) is 33.3. The number of nitro groups is 1. The maximum absolute atomic E-state index is 13.7. The molecule has 9 atom stereocenters. The molecule has 2 unspecified atom stereocenters. The molecule has 3 N–H and O–H groups in total. The van der Waals surface area contributed by atoms with Gasteiger partial charge in [-0.15, -0.1) is 0 Å². The summed E-state index contributed by atoms with van der Waals surface area (Å²) < 4.78 is 55.1. The van der Waals surface area contributed by atoms with Crippen LogP contribution in [0.25, 0.3) is 28.1 Å². The minimum atomic E-state index is -3.88. The number of hydrogen-bond donors (Lipinski definition) is 3. The molecule has 0 radical (unpaired) electrons. The van der Waals surface area contributed by atoms with Gasteiger partial charge in [0.15, 0.2) is 28.1 Å². The number of aryl methyl sites for hydroxylation is 2. The van der Waals surface area contributed by atoms with Crippen molar-refractivity contribution in [2.45, 2.75) is 69.6 Å². The average Bonchev–Trinajstić information content (AvgIpc) is 4.19. The summed E-state index contributed by atoms with van der Waals surface area (Å²) in [6.07, 6.45) is 1.97. The highest BCUT2D eigenvalue weighted by Gasteiger charge is 2.48. The van der Waals surface area contributed by atoms with E-state index < -0.39 is 80.8 Å². The fraction of sp³-hybridized carbons (Fsp3) is 0.366. The van der Waals surface area contributed by atoms with Gasteiger partial charge in [0.25, 0.3) is 17.2 Å². The van der Waals surface area contributed by atoms with Crippen LogP contribution in [0.3, 0.4) is 0 Å². The number of aliphatic hydroxyl groups excluding tert-OH is 1. The van der Waals surface area contributed by atoms with Crippen LogP contribution in [0, 0.1) is 27.4 Å². The summed E-state index contributed by atoms with van der Waals surface area (Å²) in [5.74, 6) is -0.586. The van der Waals surface area contributed by atoms with E-state index in [1.165, 1.54) is 35.5 Å². The molecule has 28 heteroatoms. The Labute approximate surface area is 395 Å². The van der Waals surface area contributed by atoms with Crippen LogP contribution in [0.15, 0.2) is 90.8 Å². The van der Waals surface area contributed by atoms with Crippen molar-refractivity contribution in [3.05, 3.63) is 118 Å². The van der Waals surface area contributed by atoms with Gasteiger partial charge in [-0.25, -0.2) is 24.3 Å². The number of aromatic nitrogens is 9. The van der Waals surface area contributed by atoms with Gasteiger partial charge in [0.05, 0.1) is 56.0 Å². The molecule has 25 nitrogen and oxygen atoms in total. The quantitative estimate of drug-likeness (QED) is 0.0442.